The van der Waals surface area contributed by atoms with Gasteiger partial charge in [0.05, 0.1) is 21.2 Å². The molecule has 27 heavy (non-hydrogen) atoms. The number of hydrogen-bond donors (Lipinski definition) is 0. The van der Waals surface area contributed by atoms with Crippen molar-refractivity contribution in [3.05, 3.63) is 75.3 Å². The molecule has 1 aromatic heterocycles. The molecular weight excluding hydrogens is 362 g/mol. The van der Waals surface area contributed by atoms with Crippen molar-refractivity contribution in [3.8, 4) is 0 Å². The van der Waals surface area contributed by atoms with Crippen LogP contribution in [0.1, 0.15) is 29.5 Å². The van der Waals surface area contributed by atoms with Crippen LogP contribution >= 0.6 is 11.3 Å². The van der Waals surface area contributed by atoms with Gasteiger partial charge in [-0.05, 0) is 48.7 Å². The largest absolute Gasteiger partial charge is 0.330 e. The number of hydrogen-bond acceptors (Lipinski definition) is 5. The van der Waals surface area contributed by atoms with Crippen LogP contribution in [-0.4, -0.2) is 27.3 Å². The van der Waals surface area contributed by atoms with Crippen molar-refractivity contribution < 1.29 is 9.72 Å². The zero-order valence-corrected chi connectivity index (χ0v) is 15.3. The second kappa shape index (κ2) is 7.28. The van der Waals surface area contributed by atoms with Crippen LogP contribution in [0, 0.1) is 10.1 Å². The topological polar surface area (TPSA) is 76.3 Å². The summed E-state index contributed by atoms with van der Waals surface area (Å²) >= 11 is 1.64. The summed E-state index contributed by atoms with van der Waals surface area (Å²) in [6.07, 6.45) is 5.10. The quantitative estimate of drug-likeness (QED) is 0.378. The molecule has 136 valence electrons. The predicted molar refractivity (Wildman–Crippen MR) is 105 cm³/mol. The molecule has 0 spiro atoms. The van der Waals surface area contributed by atoms with Gasteiger partial charge in [0.1, 0.15) is 5.01 Å². The van der Waals surface area contributed by atoms with Crippen LogP contribution in [0.2, 0.25) is 0 Å². The molecule has 0 bridgehead atoms. The van der Waals surface area contributed by atoms with Crippen molar-refractivity contribution in [3.63, 3.8) is 0 Å². The highest BCUT2D eigenvalue weighted by Crippen LogP contribution is 2.36. The van der Waals surface area contributed by atoms with Gasteiger partial charge in [-0.15, -0.1) is 11.3 Å². The van der Waals surface area contributed by atoms with E-state index in [1.165, 1.54) is 18.2 Å². The number of carbonyl (C=O) groups excluding carboxylic acids is 1. The van der Waals surface area contributed by atoms with E-state index in [0.717, 1.165) is 33.6 Å². The molecule has 7 heteroatoms. The highest BCUT2D eigenvalue weighted by atomic mass is 32.1. The number of thiazole rings is 1. The van der Waals surface area contributed by atoms with E-state index in [2.05, 4.69) is 0 Å². The molecule has 1 fully saturated rings. The minimum absolute atomic E-state index is 0.0106. The summed E-state index contributed by atoms with van der Waals surface area (Å²) in [5, 5.41) is 11.7. The summed E-state index contributed by atoms with van der Waals surface area (Å²) in [4.78, 5) is 29.5. The number of amides is 1. The first-order chi connectivity index (χ1) is 13.1. The molecule has 1 atom stereocenters. The number of para-hydroxylation sites is 1. The van der Waals surface area contributed by atoms with E-state index < -0.39 is 4.92 Å². The number of rotatable bonds is 4. The minimum atomic E-state index is -0.439. The van der Waals surface area contributed by atoms with E-state index in [1.807, 2.05) is 29.2 Å². The van der Waals surface area contributed by atoms with Gasteiger partial charge in [0.25, 0.3) is 5.69 Å². The van der Waals surface area contributed by atoms with Gasteiger partial charge in [-0.25, -0.2) is 4.98 Å². The molecular formula is C20H17N3O3S. The second-order valence-electron chi connectivity index (χ2n) is 6.39. The molecule has 3 aromatic rings. The number of fused-ring (bicyclic) bond motifs is 1. The molecule has 1 aliphatic rings. The lowest BCUT2D eigenvalue weighted by Gasteiger charge is -2.21. The van der Waals surface area contributed by atoms with Crippen molar-refractivity contribution in [2.24, 2.45) is 0 Å². The molecule has 0 N–H and O–H groups in total. The van der Waals surface area contributed by atoms with Crippen molar-refractivity contribution in [2.75, 3.05) is 6.54 Å². The molecule has 2 aromatic carbocycles. The summed E-state index contributed by atoms with van der Waals surface area (Å²) in [6.45, 7) is 0.712. The maximum Gasteiger partial charge on any atom is 0.269 e. The zero-order valence-electron chi connectivity index (χ0n) is 14.4. The third kappa shape index (κ3) is 3.59. The third-order valence-electron chi connectivity index (χ3n) is 4.65. The predicted octanol–water partition coefficient (Wildman–Crippen LogP) is 4.58. The fourth-order valence-electron chi connectivity index (χ4n) is 3.29. The Labute approximate surface area is 159 Å². The summed E-state index contributed by atoms with van der Waals surface area (Å²) in [5.74, 6) is -0.0601. The number of aromatic nitrogens is 1. The van der Waals surface area contributed by atoms with Gasteiger partial charge in [-0.1, -0.05) is 12.1 Å². The van der Waals surface area contributed by atoms with Gasteiger partial charge in [0, 0.05) is 24.8 Å². The molecule has 2 heterocycles. The lowest BCUT2D eigenvalue weighted by atomic mass is 10.2. The highest BCUT2D eigenvalue weighted by molar-refractivity contribution is 7.18. The Hall–Kier alpha value is -3.06. The highest BCUT2D eigenvalue weighted by Gasteiger charge is 2.31. The van der Waals surface area contributed by atoms with Gasteiger partial charge in [0.15, 0.2) is 0 Å². The molecule has 0 radical (unpaired) electrons. The van der Waals surface area contributed by atoms with Gasteiger partial charge in [0.2, 0.25) is 5.91 Å². The summed E-state index contributed by atoms with van der Waals surface area (Å²) in [6, 6.07) is 14.2. The third-order valence-corrected chi connectivity index (χ3v) is 5.79. The molecule has 0 aliphatic carbocycles. The maximum absolute atomic E-state index is 12.7. The number of nitro groups is 1. The van der Waals surface area contributed by atoms with Crippen molar-refractivity contribution >= 4 is 39.2 Å². The van der Waals surface area contributed by atoms with Crippen LogP contribution in [0.25, 0.3) is 16.3 Å². The van der Waals surface area contributed by atoms with Crippen LogP contribution in [0.4, 0.5) is 5.69 Å². The number of nitro benzene ring substituents is 1. The van der Waals surface area contributed by atoms with Crippen LogP contribution < -0.4 is 0 Å². The summed E-state index contributed by atoms with van der Waals surface area (Å²) in [5.41, 5.74) is 1.76. The number of benzene rings is 2. The molecule has 4 rings (SSSR count). The first-order valence-corrected chi connectivity index (χ1v) is 9.52. The number of nitrogens with zero attached hydrogens (tertiary/aromatic N) is 3. The Morgan fingerprint density at radius 2 is 2.00 bits per heavy atom. The first-order valence-electron chi connectivity index (χ1n) is 8.70. The van der Waals surface area contributed by atoms with Crippen LogP contribution in [-0.2, 0) is 4.79 Å². The normalized spacial score (nSPS) is 17.0. The fourth-order valence-corrected chi connectivity index (χ4v) is 4.41. The Balaban J connectivity index is 1.51. The van der Waals surface area contributed by atoms with E-state index in [1.54, 1.807) is 29.5 Å². The summed E-state index contributed by atoms with van der Waals surface area (Å²) in [7, 11) is 0. The van der Waals surface area contributed by atoms with Gasteiger partial charge < -0.3 is 4.90 Å². The Morgan fingerprint density at radius 3 is 2.74 bits per heavy atom. The van der Waals surface area contributed by atoms with Crippen molar-refractivity contribution in [1.82, 2.24) is 9.88 Å². The van der Waals surface area contributed by atoms with E-state index in [9.17, 15) is 14.9 Å². The number of likely N-dealkylation sites (tertiary alicyclic amines) is 1. The second-order valence-corrected chi connectivity index (χ2v) is 7.45. The Morgan fingerprint density at radius 1 is 1.22 bits per heavy atom. The maximum atomic E-state index is 12.7. The monoisotopic (exact) mass is 379 g/mol. The molecule has 0 unspecified atom stereocenters. The number of carbonyl (C=O) groups is 1. The lowest BCUT2D eigenvalue weighted by molar-refractivity contribution is -0.384. The van der Waals surface area contributed by atoms with E-state index in [0.29, 0.717) is 6.54 Å². The van der Waals surface area contributed by atoms with Gasteiger partial charge in [-0.2, -0.15) is 0 Å². The molecule has 1 aliphatic heterocycles. The van der Waals surface area contributed by atoms with Crippen LogP contribution in [0.15, 0.2) is 54.6 Å². The zero-order chi connectivity index (χ0) is 18.8. The standard InChI is InChI=1S/C20H17N3O3S/c24-19(12-9-14-7-10-15(11-8-14)23(25)26)22-13-3-5-17(22)20-21-16-4-1-2-6-18(16)27-20/h1-2,4,6-12,17H,3,5,13H2/b12-9-/t17-/m0/s1. The smallest absolute Gasteiger partial charge is 0.269 e. The minimum Gasteiger partial charge on any atom is -0.330 e. The van der Waals surface area contributed by atoms with E-state index in [-0.39, 0.29) is 17.6 Å². The average molecular weight is 379 g/mol. The Bertz CT molecular complexity index is 993. The van der Waals surface area contributed by atoms with E-state index in [4.69, 9.17) is 4.98 Å². The molecule has 1 saturated heterocycles. The van der Waals surface area contributed by atoms with Crippen LogP contribution in [0.3, 0.4) is 0 Å². The average Bonchev–Trinajstić information content (AvgIpc) is 3.32. The number of non-ortho nitro benzene ring substituents is 1. The fraction of sp³-hybridized carbons (Fsp3) is 0.200. The SMILES string of the molecule is O=C(/C=C\c1ccc([N+](=O)[O-])cc1)N1CCC[C@H]1c1nc2ccccc2s1. The molecule has 1 amide bonds. The van der Waals surface area contributed by atoms with Gasteiger partial charge >= 0.3 is 0 Å². The molecule has 6 nitrogen and oxygen atoms in total. The Kier molecular flexibility index (Phi) is 4.68. The lowest BCUT2D eigenvalue weighted by Crippen LogP contribution is -2.28. The first kappa shape index (κ1) is 17.4. The van der Waals surface area contributed by atoms with Gasteiger partial charge in [-0.3, -0.25) is 14.9 Å². The molecule has 0 saturated carbocycles. The van der Waals surface area contributed by atoms with Crippen molar-refractivity contribution in [1.29, 1.82) is 0 Å². The summed E-state index contributed by atoms with van der Waals surface area (Å²) < 4.78 is 1.13. The van der Waals surface area contributed by atoms with Crippen molar-refractivity contribution in [2.45, 2.75) is 18.9 Å². The van der Waals surface area contributed by atoms with E-state index >= 15 is 0 Å². The van der Waals surface area contributed by atoms with Crippen LogP contribution in [0.5, 0.6) is 0 Å².